The van der Waals surface area contributed by atoms with Gasteiger partial charge in [0, 0.05) is 22.9 Å². The van der Waals surface area contributed by atoms with E-state index in [1.165, 1.54) is 0 Å². The average molecular weight is 384 g/mol. The van der Waals surface area contributed by atoms with E-state index in [1.807, 2.05) is 69.3 Å². The minimum atomic E-state index is -0.0604. The molecule has 0 aliphatic heterocycles. The average Bonchev–Trinajstić information content (AvgIpc) is 2.72. The summed E-state index contributed by atoms with van der Waals surface area (Å²) in [6, 6.07) is 17.6. The lowest BCUT2D eigenvalue weighted by molar-refractivity contribution is 0.605. The standard InChI is InChI=1S/C25H24N2O2/c1-15-13-20(17(3)27-22-11-8-12-26-18(22)4)25-21(14-15)23(28)16(2)24(29-25)19-9-6-5-7-10-19/h5-14,17,27H,1-4H3. The number of rotatable bonds is 4. The molecular weight excluding hydrogens is 360 g/mol. The van der Waals surface area contributed by atoms with E-state index >= 15 is 0 Å². The third-order valence-corrected chi connectivity index (χ3v) is 5.27. The molecule has 2 aromatic heterocycles. The van der Waals surface area contributed by atoms with Gasteiger partial charge in [-0.2, -0.15) is 0 Å². The molecule has 4 nitrogen and oxygen atoms in total. The Labute approximate surface area is 170 Å². The second-order valence-corrected chi connectivity index (χ2v) is 7.48. The van der Waals surface area contributed by atoms with Gasteiger partial charge in [-0.05, 0) is 51.5 Å². The SMILES string of the molecule is Cc1cc(C(C)Nc2cccnc2C)c2oc(-c3ccccc3)c(C)c(=O)c2c1. The topological polar surface area (TPSA) is 55.1 Å². The van der Waals surface area contributed by atoms with Gasteiger partial charge in [0.15, 0.2) is 5.43 Å². The van der Waals surface area contributed by atoms with Crippen LogP contribution in [0.4, 0.5) is 5.69 Å². The summed E-state index contributed by atoms with van der Waals surface area (Å²) in [5.41, 5.74) is 6.06. The van der Waals surface area contributed by atoms with E-state index in [4.69, 9.17) is 4.42 Å². The highest BCUT2D eigenvalue weighted by Crippen LogP contribution is 2.32. The molecule has 0 aliphatic rings. The minimum absolute atomic E-state index is 0.0137. The molecule has 0 spiro atoms. The van der Waals surface area contributed by atoms with Gasteiger partial charge in [0.05, 0.1) is 22.8 Å². The van der Waals surface area contributed by atoms with Crippen LogP contribution < -0.4 is 10.7 Å². The van der Waals surface area contributed by atoms with Crippen molar-refractivity contribution in [3.8, 4) is 11.3 Å². The van der Waals surface area contributed by atoms with Gasteiger partial charge < -0.3 is 9.73 Å². The Kier molecular flexibility index (Phi) is 4.93. The molecule has 0 saturated carbocycles. The first kappa shape index (κ1) is 18.9. The Morgan fingerprint density at radius 3 is 2.48 bits per heavy atom. The fourth-order valence-electron chi connectivity index (χ4n) is 3.70. The predicted octanol–water partition coefficient (Wildman–Crippen LogP) is 5.95. The first-order chi connectivity index (χ1) is 14.0. The Morgan fingerprint density at radius 1 is 1.00 bits per heavy atom. The van der Waals surface area contributed by atoms with Crippen LogP contribution >= 0.6 is 0 Å². The maximum absolute atomic E-state index is 13.2. The highest BCUT2D eigenvalue weighted by molar-refractivity contribution is 5.84. The number of nitrogens with zero attached hydrogens (tertiary/aromatic N) is 1. The van der Waals surface area contributed by atoms with Crippen molar-refractivity contribution in [2.24, 2.45) is 0 Å². The van der Waals surface area contributed by atoms with Gasteiger partial charge >= 0.3 is 0 Å². The van der Waals surface area contributed by atoms with Crippen LogP contribution in [0.2, 0.25) is 0 Å². The van der Waals surface area contributed by atoms with Crippen molar-refractivity contribution in [2.75, 3.05) is 5.32 Å². The van der Waals surface area contributed by atoms with Crippen molar-refractivity contribution in [3.05, 3.63) is 93.4 Å². The van der Waals surface area contributed by atoms with Gasteiger partial charge in [0.25, 0.3) is 0 Å². The van der Waals surface area contributed by atoms with Gasteiger partial charge in [0.1, 0.15) is 11.3 Å². The van der Waals surface area contributed by atoms with E-state index < -0.39 is 0 Å². The summed E-state index contributed by atoms with van der Waals surface area (Å²) < 4.78 is 6.38. The second kappa shape index (κ2) is 7.55. The number of anilines is 1. The summed E-state index contributed by atoms with van der Waals surface area (Å²) in [5, 5.41) is 4.13. The van der Waals surface area contributed by atoms with Crippen LogP contribution in [0.15, 0.2) is 70.0 Å². The molecule has 0 radical (unpaired) electrons. The van der Waals surface area contributed by atoms with Gasteiger partial charge in [-0.3, -0.25) is 9.78 Å². The molecule has 4 aromatic rings. The van der Waals surface area contributed by atoms with E-state index in [0.29, 0.717) is 22.3 Å². The fourth-order valence-corrected chi connectivity index (χ4v) is 3.70. The number of benzene rings is 2. The van der Waals surface area contributed by atoms with Crippen LogP contribution in [0.1, 0.15) is 35.3 Å². The highest BCUT2D eigenvalue weighted by atomic mass is 16.3. The molecule has 1 N–H and O–H groups in total. The van der Waals surface area contributed by atoms with Crippen LogP contribution in [0.25, 0.3) is 22.3 Å². The third-order valence-electron chi connectivity index (χ3n) is 5.27. The Morgan fingerprint density at radius 2 is 1.76 bits per heavy atom. The Bertz CT molecular complexity index is 1240. The molecule has 2 aromatic carbocycles. The lowest BCUT2D eigenvalue weighted by Crippen LogP contribution is -2.13. The highest BCUT2D eigenvalue weighted by Gasteiger charge is 2.19. The molecule has 0 fully saturated rings. The van der Waals surface area contributed by atoms with Crippen molar-refractivity contribution < 1.29 is 4.42 Å². The summed E-state index contributed by atoms with van der Waals surface area (Å²) in [6.07, 6.45) is 1.78. The molecule has 4 rings (SSSR count). The van der Waals surface area contributed by atoms with E-state index in [-0.39, 0.29) is 11.5 Å². The molecule has 0 saturated heterocycles. The molecule has 0 bridgehead atoms. The van der Waals surface area contributed by atoms with Gasteiger partial charge in [-0.25, -0.2) is 0 Å². The third kappa shape index (κ3) is 3.54. The Balaban J connectivity index is 1.91. The lowest BCUT2D eigenvalue weighted by Gasteiger charge is -2.19. The summed E-state index contributed by atoms with van der Waals surface area (Å²) in [5.74, 6) is 0.623. The van der Waals surface area contributed by atoms with Crippen LogP contribution in [0, 0.1) is 20.8 Å². The number of nitrogens with one attached hydrogen (secondary N) is 1. The van der Waals surface area contributed by atoms with Gasteiger partial charge in [-0.1, -0.05) is 36.4 Å². The van der Waals surface area contributed by atoms with Crippen LogP contribution in [-0.4, -0.2) is 4.98 Å². The number of pyridine rings is 1. The van der Waals surface area contributed by atoms with Gasteiger partial charge in [0.2, 0.25) is 0 Å². The predicted molar refractivity (Wildman–Crippen MR) is 118 cm³/mol. The van der Waals surface area contributed by atoms with Crippen LogP contribution in [0.5, 0.6) is 0 Å². The minimum Gasteiger partial charge on any atom is -0.455 e. The number of hydrogen-bond acceptors (Lipinski definition) is 4. The van der Waals surface area contributed by atoms with Crippen molar-refractivity contribution in [2.45, 2.75) is 33.7 Å². The molecule has 4 heteroatoms. The summed E-state index contributed by atoms with van der Waals surface area (Å²) in [4.78, 5) is 17.5. The second-order valence-electron chi connectivity index (χ2n) is 7.48. The zero-order valence-electron chi connectivity index (χ0n) is 17.1. The summed E-state index contributed by atoms with van der Waals surface area (Å²) >= 11 is 0. The number of hydrogen-bond donors (Lipinski definition) is 1. The Hall–Kier alpha value is -3.40. The molecule has 29 heavy (non-hydrogen) atoms. The monoisotopic (exact) mass is 384 g/mol. The number of fused-ring (bicyclic) bond motifs is 1. The zero-order chi connectivity index (χ0) is 20.5. The molecule has 146 valence electrons. The summed E-state index contributed by atoms with van der Waals surface area (Å²) in [6.45, 7) is 7.88. The van der Waals surface area contributed by atoms with Crippen molar-refractivity contribution in [3.63, 3.8) is 0 Å². The first-order valence-corrected chi connectivity index (χ1v) is 9.77. The fraction of sp³-hybridized carbons (Fsp3) is 0.200. The summed E-state index contributed by atoms with van der Waals surface area (Å²) in [7, 11) is 0. The van der Waals surface area contributed by atoms with Crippen LogP contribution in [0.3, 0.4) is 0 Å². The lowest BCUT2D eigenvalue weighted by atomic mass is 9.99. The van der Waals surface area contributed by atoms with Crippen molar-refractivity contribution >= 4 is 16.7 Å². The molecule has 0 amide bonds. The normalized spacial score (nSPS) is 12.1. The van der Waals surface area contributed by atoms with Crippen molar-refractivity contribution in [1.29, 1.82) is 0 Å². The van der Waals surface area contributed by atoms with Crippen molar-refractivity contribution in [1.82, 2.24) is 4.98 Å². The van der Waals surface area contributed by atoms with Gasteiger partial charge in [-0.15, -0.1) is 0 Å². The largest absolute Gasteiger partial charge is 0.455 e. The number of aryl methyl sites for hydroxylation is 2. The number of aromatic nitrogens is 1. The van der Waals surface area contributed by atoms with E-state index in [0.717, 1.165) is 28.1 Å². The van der Waals surface area contributed by atoms with Crippen LogP contribution in [-0.2, 0) is 0 Å². The smallest absolute Gasteiger partial charge is 0.196 e. The van der Waals surface area contributed by atoms with E-state index in [2.05, 4.69) is 23.3 Å². The molecule has 1 atom stereocenters. The zero-order valence-corrected chi connectivity index (χ0v) is 17.1. The maximum Gasteiger partial charge on any atom is 0.196 e. The first-order valence-electron chi connectivity index (χ1n) is 9.77. The molecule has 1 unspecified atom stereocenters. The molecular formula is C25H24N2O2. The quantitative estimate of drug-likeness (QED) is 0.472. The van der Waals surface area contributed by atoms with E-state index in [9.17, 15) is 4.79 Å². The van der Waals surface area contributed by atoms with E-state index in [1.54, 1.807) is 6.20 Å². The molecule has 2 heterocycles. The molecule has 0 aliphatic carbocycles. The maximum atomic E-state index is 13.2.